The zero-order valence-electron chi connectivity index (χ0n) is 15.6. The quantitative estimate of drug-likeness (QED) is 0.487. The molecule has 2 aromatic carbocycles. The summed E-state index contributed by atoms with van der Waals surface area (Å²) in [7, 11) is 0. The summed E-state index contributed by atoms with van der Waals surface area (Å²) in [5, 5.41) is 1.05. The van der Waals surface area contributed by atoms with Crippen molar-refractivity contribution in [3.8, 4) is 11.4 Å². The van der Waals surface area contributed by atoms with Crippen LogP contribution in [0.15, 0.2) is 54.7 Å². The number of nitrogens with zero attached hydrogens (tertiary/aromatic N) is 2. The second-order valence-electron chi connectivity index (χ2n) is 6.44. The van der Waals surface area contributed by atoms with E-state index < -0.39 is 0 Å². The Morgan fingerprint density at radius 1 is 1.00 bits per heavy atom. The number of benzene rings is 2. The van der Waals surface area contributed by atoms with Gasteiger partial charge in [-0.05, 0) is 68.9 Å². The first kappa shape index (κ1) is 18.5. The van der Waals surface area contributed by atoms with Crippen LogP contribution < -0.4 is 4.74 Å². The molecule has 0 aliphatic heterocycles. The Balaban J connectivity index is 1.61. The zero-order valence-corrected chi connectivity index (χ0v) is 15.6. The molecule has 0 bridgehead atoms. The van der Waals surface area contributed by atoms with Gasteiger partial charge in [0.2, 0.25) is 0 Å². The van der Waals surface area contributed by atoms with Gasteiger partial charge in [-0.1, -0.05) is 26.0 Å². The van der Waals surface area contributed by atoms with Gasteiger partial charge in [0, 0.05) is 11.6 Å². The van der Waals surface area contributed by atoms with Gasteiger partial charge in [0.1, 0.15) is 11.6 Å². The van der Waals surface area contributed by atoms with Gasteiger partial charge in [-0.15, -0.1) is 0 Å². The Morgan fingerprint density at radius 2 is 1.81 bits per heavy atom. The fourth-order valence-corrected chi connectivity index (χ4v) is 3.23. The highest BCUT2D eigenvalue weighted by Crippen LogP contribution is 2.26. The van der Waals surface area contributed by atoms with E-state index in [0.717, 1.165) is 55.7 Å². The maximum Gasteiger partial charge on any atom is 0.147 e. The summed E-state index contributed by atoms with van der Waals surface area (Å²) >= 11 is 0. The minimum atomic E-state index is -0.224. The van der Waals surface area contributed by atoms with Gasteiger partial charge in [0.25, 0.3) is 0 Å². The van der Waals surface area contributed by atoms with Crippen molar-refractivity contribution in [3.63, 3.8) is 0 Å². The maximum atomic E-state index is 14.1. The van der Waals surface area contributed by atoms with Crippen LogP contribution in [-0.4, -0.2) is 35.7 Å². The number of unbranched alkanes of at least 4 members (excludes halogenated alkanes) is 1. The van der Waals surface area contributed by atoms with E-state index in [2.05, 4.69) is 18.7 Å². The molecule has 0 amide bonds. The third-order valence-corrected chi connectivity index (χ3v) is 4.81. The summed E-state index contributed by atoms with van der Waals surface area (Å²) < 4.78 is 21.8. The molecule has 0 atom stereocenters. The van der Waals surface area contributed by atoms with Gasteiger partial charge in [-0.3, -0.25) is 0 Å². The highest BCUT2D eigenvalue weighted by Gasteiger charge is 2.08. The summed E-state index contributed by atoms with van der Waals surface area (Å²) in [6.45, 7) is 8.45. The topological polar surface area (TPSA) is 17.4 Å². The molecule has 26 heavy (non-hydrogen) atoms. The molecule has 3 aromatic rings. The van der Waals surface area contributed by atoms with Gasteiger partial charge in [0.05, 0.1) is 17.8 Å². The smallest absolute Gasteiger partial charge is 0.147 e. The van der Waals surface area contributed by atoms with E-state index in [9.17, 15) is 4.39 Å². The minimum absolute atomic E-state index is 0.224. The second-order valence-corrected chi connectivity index (χ2v) is 6.44. The van der Waals surface area contributed by atoms with Crippen LogP contribution in [0.2, 0.25) is 0 Å². The van der Waals surface area contributed by atoms with Crippen molar-refractivity contribution in [2.45, 2.75) is 26.7 Å². The summed E-state index contributed by atoms with van der Waals surface area (Å²) in [5.41, 5.74) is 1.54. The Morgan fingerprint density at radius 3 is 2.58 bits per heavy atom. The first-order valence-corrected chi connectivity index (χ1v) is 9.44. The van der Waals surface area contributed by atoms with Crippen LogP contribution in [0.4, 0.5) is 4.39 Å². The highest BCUT2D eigenvalue weighted by molar-refractivity contribution is 5.83. The fraction of sp³-hybridized carbons (Fsp3) is 0.364. The number of aromatic nitrogens is 1. The van der Waals surface area contributed by atoms with Crippen LogP contribution in [0.25, 0.3) is 16.6 Å². The monoisotopic (exact) mass is 354 g/mol. The van der Waals surface area contributed by atoms with Gasteiger partial charge < -0.3 is 14.2 Å². The fourth-order valence-electron chi connectivity index (χ4n) is 3.23. The van der Waals surface area contributed by atoms with Crippen molar-refractivity contribution in [2.24, 2.45) is 0 Å². The molecule has 0 aliphatic rings. The van der Waals surface area contributed by atoms with Crippen LogP contribution in [0, 0.1) is 5.82 Å². The molecule has 3 nitrogen and oxygen atoms in total. The van der Waals surface area contributed by atoms with Crippen LogP contribution in [0.3, 0.4) is 0 Å². The number of ether oxygens (including phenoxy) is 1. The lowest BCUT2D eigenvalue weighted by atomic mass is 10.2. The largest absolute Gasteiger partial charge is 0.494 e. The normalized spacial score (nSPS) is 11.4. The van der Waals surface area contributed by atoms with Crippen molar-refractivity contribution in [2.75, 3.05) is 26.2 Å². The summed E-state index contributed by atoms with van der Waals surface area (Å²) in [6, 6.07) is 14.8. The van der Waals surface area contributed by atoms with E-state index in [-0.39, 0.29) is 5.82 Å². The predicted octanol–water partition coefficient (Wildman–Crippen LogP) is 5.27. The lowest BCUT2D eigenvalue weighted by Crippen LogP contribution is -2.24. The molecule has 0 spiro atoms. The maximum absolute atomic E-state index is 14.1. The van der Waals surface area contributed by atoms with Crippen molar-refractivity contribution in [3.05, 3.63) is 60.5 Å². The number of rotatable bonds is 9. The van der Waals surface area contributed by atoms with Gasteiger partial charge in [-0.25, -0.2) is 4.39 Å². The molecule has 0 radical (unpaired) electrons. The van der Waals surface area contributed by atoms with E-state index >= 15 is 0 Å². The average molecular weight is 354 g/mol. The third-order valence-electron chi connectivity index (χ3n) is 4.81. The third kappa shape index (κ3) is 4.25. The first-order valence-electron chi connectivity index (χ1n) is 9.44. The van der Waals surface area contributed by atoms with Crippen LogP contribution in [-0.2, 0) is 0 Å². The number of para-hydroxylation sites is 1. The Bertz CT molecular complexity index is 839. The van der Waals surface area contributed by atoms with Crippen molar-refractivity contribution in [1.82, 2.24) is 9.47 Å². The van der Waals surface area contributed by atoms with Crippen molar-refractivity contribution < 1.29 is 9.13 Å². The molecule has 0 N–H and O–H groups in total. The minimum Gasteiger partial charge on any atom is -0.494 e. The lowest BCUT2D eigenvalue weighted by Gasteiger charge is -2.17. The van der Waals surface area contributed by atoms with Gasteiger partial charge >= 0.3 is 0 Å². The number of hydrogen-bond acceptors (Lipinski definition) is 2. The Hall–Kier alpha value is -2.33. The van der Waals surface area contributed by atoms with E-state index in [1.165, 1.54) is 6.07 Å². The van der Waals surface area contributed by atoms with Crippen molar-refractivity contribution >= 4 is 10.9 Å². The summed E-state index contributed by atoms with van der Waals surface area (Å²) in [6.07, 6.45) is 4.09. The second kappa shape index (κ2) is 8.86. The van der Waals surface area contributed by atoms with Gasteiger partial charge in [-0.2, -0.15) is 0 Å². The Kier molecular flexibility index (Phi) is 6.29. The highest BCUT2D eigenvalue weighted by atomic mass is 19.1. The standard InChI is InChI=1S/C22H27FN2O/c1-3-24(4-2)14-7-8-16-26-19-11-12-21-18(17-19)13-15-25(21)22-10-6-5-9-20(22)23/h5-6,9-13,15,17H,3-4,7-8,14,16H2,1-2H3. The molecule has 3 rings (SSSR count). The molecule has 0 fully saturated rings. The zero-order chi connectivity index (χ0) is 18.4. The SMILES string of the molecule is CCN(CC)CCCCOc1ccc2c(ccn2-c2ccccc2F)c1. The lowest BCUT2D eigenvalue weighted by molar-refractivity contribution is 0.266. The summed E-state index contributed by atoms with van der Waals surface area (Å²) in [4.78, 5) is 2.43. The molecular formula is C22H27FN2O. The molecule has 0 saturated carbocycles. The average Bonchev–Trinajstić information content (AvgIpc) is 3.08. The molecule has 138 valence electrons. The van der Waals surface area contributed by atoms with E-state index in [1.54, 1.807) is 12.1 Å². The van der Waals surface area contributed by atoms with Crippen LogP contribution >= 0.6 is 0 Å². The molecule has 0 saturated heterocycles. The molecule has 1 heterocycles. The van der Waals surface area contributed by atoms with Crippen LogP contribution in [0.1, 0.15) is 26.7 Å². The molecule has 0 unspecified atom stereocenters. The Labute approximate surface area is 155 Å². The first-order chi connectivity index (χ1) is 12.7. The molecule has 4 heteroatoms. The predicted molar refractivity (Wildman–Crippen MR) is 106 cm³/mol. The number of halogens is 1. The number of fused-ring (bicyclic) bond motifs is 1. The molecule has 1 aromatic heterocycles. The van der Waals surface area contributed by atoms with E-state index in [0.29, 0.717) is 5.69 Å². The summed E-state index contributed by atoms with van der Waals surface area (Å²) in [5.74, 6) is 0.644. The molecular weight excluding hydrogens is 327 g/mol. The van der Waals surface area contributed by atoms with Crippen molar-refractivity contribution in [1.29, 1.82) is 0 Å². The van der Waals surface area contributed by atoms with Crippen LogP contribution in [0.5, 0.6) is 5.75 Å². The molecule has 0 aliphatic carbocycles. The van der Waals surface area contributed by atoms with Gasteiger partial charge in [0.15, 0.2) is 0 Å². The van der Waals surface area contributed by atoms with E-state index in [4.69, 9.17) is 4.74 Å². The van der Waals surface area contributed by atoms with E-state index in [1.807, 2.05) is 41.1 Å². The number of hydrogen-bond donors (Lipinski definition) is 0.